The zero-order chi connectivity index (χ0) is 12.1. The van der Waals surface area contributed by atoms with Crippen molar-refractivity contribution >= 4 is 23.1 Å². The number of nitrogens with zero attached hydrogens (tertiary/aromatic N) is 2. The molecule has 1 aliphatic rings. The minimum Gasteiger partial charge on any atom is -0.290 e. The molecule has 1 aliphatic carbocycles. The Morgan fingerprint density at radius 2 is 1.65 bits per heavy atom. The third-order valence-corrected chi connectivity index (χ3v) is 2.34. The van der Waals surface area contributed by atoms with Crippen molar-refractivity contribution in [1.29, 1.82) is 0 Å². The molecule has 0 amide bonds. The minimum atomic E-state index is -0.0169. The molecule has 0 saturated carbocycles. The molecule has 0 saturated heterocycles. The second kappa shape index (κ2) is 5.37. The van der Waals surface area contributed by atoms with Crippen molar-refractivity contribution in [2.75, 3.05) is 0 Å². The first-order valence-electron chi connectivity index (χ1n) is 5.01. The Morgan fingerprint density at radius 1 is 1.00 bits per heavy atom. The Balaban J connectivity index is 2.05. The maximum atomic E-state index is 10.9. The van der Waals surface area contributed by atoms with Crippen LogP contribution >= 0.6 is 11.6 Å². The topological polar surface area (TPSA) is 41.8 Å². The summed E-state index contributed by atoms with van der Waals surface area (Å²) < 4.78 is 0. The van der Waals surface area contributed by atoms with Crippen molar-refractivity contribution in [3.8, 4) is 0 Å². The van der Waals surface area contributed by atoms with Crippen molar-refractivity contribution in [3.05, 3.63) is 65.4 Å². The second-order valence-electron chi connectivity index (χ2n) is 3.39. The number of azo groups is 1. The Bertz CT molecular complexity index is 521. The van der Waals surface area contributed by atoms with Crippen LogP contribution in [0.1, 0.15) is 0 Å². The van der Waals surface area contributed by atoms with Gasteiger partial charge in [0.05, 0.1) is 11.9 Å². The molecular formula is C13H9ClN2O. The summed E-state index contributed by atoms with van der Waals surface area (Å²) in [6, 6.07) is 7.06. The van der Waals surface area contributed by atoms with E-state index in [1.807, 2.05) is 0 Å². The largest absolute Gasteiger partial charge is 0.290 e. The maximum Gasteiger partial charge on any atom is 0.178 e. The molecule has 0 fully saturated rings. The van der Waals surface area contributed by atoms with Crippen molar-refractivity contribution in [3.63, 3.8) is 0 Å². The van der Waals surface area contributed by atoms with Gasteiger partial charge < -0.3 is 0 Å². The van der Waals surface area contributed by atoms with Crippen LogP contribution in [-0.2, 0) is 4.79 Å². The fraction of sp³-hybridized carbons (Fsp3) is 0. The number of carbonyl (C=O) groups is 1. The lowest BCUT2D eigenvalue weighted by Crippen LogP contribution is -1.90. The summed E-state index contributed by atoms with van der Waals surface area (Å²) in [7, 11) is 0. The third-order valence-electron chi connectivity index (χ3n) is 2.09. The van der Waals surface area contributed by atoms with E-state index < -0.39 is 0 Å². The molecule has 17 heavy (non-hydrogen) atoms. The molecule has 0 unspecified atom stereocenters. The molecule has 0 spiro atoms. The highest BCUT2D eigenvalue weighted by atomic mass is 35.5. The van der Waals surface area contributed by atoms with E-state index in [1.165, 1.54) is 12.2 Å². The van der Waals surface area contributed by atoms with Crippen LogP contribution in [-0.4, -0.2) is 5.78 Å². The van der Waals surface area contributed by atoms with Crippen LogP contribution in [0.5, 0.6) is 0 Å². The first-order chi connectivity index (χ1) is 8.24. The summed E-state index contributed by atoms with van der Waals surface area (Å²) in [5.41, 5.74) is 1.56. The van der Waals surface area contributed by atoms with Gasteiger partial charge in [0.25, 0.3) is 0 Å². The predicted octanol–water partition coefficient (Wildman–Crippen LogP) is 4.00. The van der Waals surface area contributed by atoms with E-state index in [0.29, 0.717) is 5.02 Å². The van der Waals surface area contributed by atoms with Gasteiger partial charge in [0.2, 0.25) is 0 Å². The first kappa shape index (κ1) is 11.5. The molecule has 4 heteroatoms. The maximum absolute atomic E-state index is 10.9. The second-order valence-corrected chi connectivity index (χ2v) is 3.83. The van der Waals surface area contributed by atoms with Gasteiger partial charge in [0.15, 0.2) is 5.78 Å². The number of allylic oxidation sites excluding steroid dienone is 5. The highest BCUT2D eigenvalue weighted by molar-refractivity contribution is 6.30. The predicted molar refractivity (Wildman–Crippen MR) is 67.3 cm³/mol. The van der Waals surface area contributed by atoms with Gasteiger partial charge in [-0.25, -0.2) is 0 Å². The number of benzene rings is 1. The molecule has 0 N–H and O–H groups in total. The average molecular weight is 245 g/mol. The van der Waals surface area contributed by atoms with E-state index in [0.717, 1.165) is 11.3 Å². The SMILES string of the molecule is O=C1C=CC(=C/N=N/c2ccc(Cl)cc2)C=C1. The molecule has 0 bridgehead atoms. The van der Waals surface area contributed by atoms with E-state index in [-0.39, 0.29) is 5.78 Å². The molecule has 0 aliphatic heterocycles. The number of hydrogen-bond acceptors (Lipinski definition) is 3. The van der Waals surface area contributed by atoms with E-state index in [4.69, 9.17) is 11.6 Å². The molecule has 1 aromatic carbocycles. The van der Waals surface area contributed by atoms with Crippen LogP contribution in [0.25, 0.3) is 0 Å². The summed E-state index contributed by atoms with van der Waals surface area (Å²) in [6.07, 6.45) is 7.97. The van der Waals surface area contributed by atoms with E-state index in [9.17, 15) is 4.79 Å². The lowest BCUT2D eigenvalue weighted by molar-refractivity contribution is -0.110. The van der Waals surface area contributed by atoms with Gasteiger partial charge in [-0.1, -0.05) is 11.6 Å². The highest BCUT2D eigenvalue weighted by Crippen LogP contribution is 2.17. The third kappa shape index (κ3) is 3.50. The Morgan fingerprint density at radius 3 is 2.29 bits per heavy atom. The van der Waals surface area contributed by atoms with E-state index in [2.05, 4.69) is 10.2 Å². The number of carbonyl (C=O) groups excluding carboxylic acids is 1. The van der Waals surface area contributed by atoms with Crippen molar-refractivity contribution in [1.82, 2.24) is 0 Å². The van der Waals surface area contributed by atoms with Crippen LogP contribution in [0.3, 0.4) is 0 Å². The molecular weight excluding hydrogens is 236 g/mol. The van der Waals surface area contributed by atoms with E-state index in [1.54, 1.807) is 42.6 Å². The quantitative estimate of drug-likeness (QED) is 0.725. The molecule has 0 radical (unpaired) electrons. The fourth-order valence-corrected chi connectivity index (χ4v) is 1.35. The normalized spacial score (nSPS) is 14.6. The van der Waals surface area contributed by atoms with E-state index >= 15 is 0 Å². The van der Waals surface area contributed by atoms with Crippen LogP contribution < -0.4 is 0 Å². The molecule has 0 heterocycles. The first-order valence-corrected chi connectivity index (χ1v) is 5.38. The van der Waals surface area contributed by atoms with Gasteiger partial charge in [-0.05, 0) is 54.1 Å². The summed E-state index contributed by atoms with van der Waals surface area (Å²) >= 11 is 5.75. The average Bonchev–Trinajstić information content (AvgIpc) is 2.34. The van der Waals surface area contributed by atoms with Crippen molar-refractivity contribution < 1.29 is 4.79 Å². The van der Waals surface area contributed by atoms with Gasteiger partial charge in [-0.2, -0.15) is 10.2 Å². The lowest BCUT2D eigenvalue weighted by atomic mass is 10.1. The molecule has 1 aromatic rings. The molecule has 3 nitrogen and oxygen atoms in total. The Hall–Kier alpha value is -2.00. The summed E-state index contributed by atoms with van der Waals surface area (Å²) in [5, 5.41) is 8.59. The van der Waals surface area contributed by atoms with Crippen molar-refractivity contribution in [2.24, 2.45) is 10.2 Å². The smallest absolute Gasteiger partial charge is 0.178 e. The zero-order valence-corrected chi connectivity index (χ0v) is 9.63. The minimum absolute atomic E-state index is 0.0169. The Labute approximate surface area is 104 Å². The standard InChI is InChI=1S/C13H9ClN2O/c14-11-3-5-12(6-4-11)16-15-9-10-1-7-13(17)8-2-10/h1-9H/b16-15+. The van der Waals surface area contributed by atoms with Crippen LogP contribution in [0.4, 0.5) is 5.69 Å². The number of hydrogen-bond donors (Lipinski definition) is 0. The number of rotatable bonds is 2. The van der Waals surface area contributed by atoms with Gasteiger partial charge in [0.1, 0.15) is 0 Å². The van der Waals surface area contributed by atoms with Crippen molar-refractivity contribution in [2.45, 2.75) is 0 Å². The Kier molecular flexibility index (Phi) is 3.62. The van der Waals surface area contributed by atoms with Gasteiger partial charge in [0, 0.05) is 5.02 Å². The van der Waals surface area contributed by atoms with Gasteiger partial charge in [-0.15, -0.1) is 0 Å². The summed E-state index contributed by atoms with van der Waals surface area (Å²) in [5.74, 6) is -0.0169. The monoisotopic (exact) mass is 244 g/mol. The summed E-state index contributed by atoms with van der Waals surface area (Å²) in [4.78, 5) is 10.9. The summed E-state index contributed by atoms with van der Waals surface area (Å²) in [6.45, 7) is 0. The number of ketones is 1. The lowest BCUT2D eigenvalue weighted by Gasteiger charge is -1.95. The van der Waals surface area contributed by atoms with Gasteiger partial charge in [-0.3, -0.25) is 4.79 Å². The zero-order valence-electron chi connectivity index (χ0n) is 8.88. The molecule has 84 valence electrons. The van der Waals surface area contributed by atoms with Gasteiger partial charge >= 0.3 is 0 Å². The van der Waals surface area contributed by atoms with Crippen LogP contribution in [0, 0.1) is 0 Å². The highest BCUT2D eigenvalue weighted by Gasteiger charge is 1.96. The molecule has 0 atom stereocenters. The fourth-order valence-electron chi connectivity index (χ4n) is 1.22. The molecule has 0 aromatic heterocycles. The number of halogens is 1. The molecule has 2 rings (SSSR count). The van der Waals surface area contributed by atoms with Crippen LogP contribution in [0.15, 0.2) is 70.6 Å². The van der Waals surface area contributed by atoms with Crippen LogP contribution in [0.2, 0.25) is 5.02 Å².